The van der Waals surface area contributed by atoms with Crippen LogP contribution < -0.4 is 14.2 Å². The fourth-order valence-electron chi connectivity index (χ4n) is 4.42. The van der Waals surface area contributed by atoms with Crippen molar-refractivity contribution in [2.75, 3.05) is 26.3 Å². The van der Waals surface area contributed by atoms with Crippen molar-refractivity contribution in [3.63, 3.8) is 0 Å². The summed E-state index contributed by atoms with van der Waals surface area (Å²) < 4.78 is 45.4. The van der Waals surface area contributed by atoms with Crippen molar-refractivity contribution >= 4 is 27.6 Å². The zero-order chi connectivity index (χ0) is 28.7. The summed E-state index contributed by atoms with van der Waals surface area (Å²) in [6.07, 6.45) is 1.44. The third-order valence-corrected chi connectivity index (χ3v) is 8.77. The number of benzene rings is 3. The summed E-state index contributed by atoms with van der Waals surface area (Å²) in [5, 5.41) is 10.4. The zero-order valence-electron chi connectivity index (χ0n) is 22.6. The van der Waals surface area contributed by atoms with Crippen LogP contribution in [0.4, 0.5) is 0 Å². The lowest BCUT2D eigenvalue weighted by Gasteiger charge is -2.32. The van der Waals surface area contributed by atoms with E-state index in [1.165, 1.54) is 10.4 Å². The largest absolute Gasteiger partial charge is 0.493 e. The van der Waals surface area contributed by atoms with E-state index < -0.39 is 22.1 Å². The first-order valence-corrected chi connectivity index (χ1v) is 15.1. The van der Waals surface area contributed by atoms with Gasteiger partial charge in [0.25, 0.3) is 0 Å². The molecule has 3 aromatic carbocycles. The van der Waals surface area contributed by atoms with Gasteiger partial charge in [0.1, 0.15) is 28.9 Å². The number of sulfonamides is 1. The number of halogens is 1. The van der Waals surface area contributed by atoms with Gasteiger partial charge in [-0.2, -0.15) is 4.31 Å². The third kappa shape index (κ3) is 7.68. The molecule has 0 saturated carbocycles. The lowest BCUT2D eigenvalue weighted by molar-refractivity contribution is 0.0690. The molecular weight excluding hydrogens is 554 g/mol. The maximum atomic E-state index is 13.3. The second-order valence-electron chi connectivity index (χ2n) is 9.94. The van der Waals surface area contributed by atoms with Gasteiger partial charge < -0.3 is 19.3 Å². The van der Waals surface area contributed by atoms with E-state index in [1.54, 1.807) is 48.5 Å². The molecule has 4 rings (SSSR count). The fourth-order valence-corrected chi connectivity index (χ4v) is 6.06. The number of hydrogen-bond acceptors (Lipinski definition) is 6. The number of piperidine rings is 1. The molecule has 1 heterocycles. The van der Waals surface area contributed by atoms with Gasteiger partial charge in [-0.1, -0.05) is 37.6 Å². The Morgan fingerprint density at radius 2 is 1.68 bits per heavy atom. The first-order valence-electron chi connectivity index (χ1n) is 13.3. The number of hydrogen-bond donors (Lipinski definition) is 1. The monoisotopic (exact) mass is 587 g/mol. The number of carboxylic acid groups (broad SMARTS) is 1. The molecule has 0 amide bonds. The van der Waals surface area contributed by atoms with Crippen molar-refractivity contribution in [3.05, 3.63) is 82.9 Å². The summed E-state index contributed by atoms with van der Waals surface area (Å²) in [5.41, 5.74) is 1.05. The van der Waals surface area contributed by atoms with Crippen LogP contribution in [-0.4, -0.2) is 56.2 Å². The number of rotatable bonds is 12. The first kappa shape index (κ1) is 29.7. The summed E-state index contributed by atoms with van der Waals surface area (Å²) in [5.74, 6) is 0.433. The molecule has 0 aromatic heterocycles. The van der Waals surface area contributed by atoms with E-state index >= 15 is 0 Å². The van der Waals surface area contributed by atoms with Crippen LogP contribution in [0.15, 0.2) is 71.6 Å². The minimum atomic E-state index is -3.67. The van der Waals surface area contributed by atoms with Gasteiger partial charge in [-0.05, 0) is 78.9 Å². The number of nitrogens with zero attached hydrogens (tertiary/aromatic N) is 1. The van der Waals surface area contributed by atoms with Gasteiger partial charge in [-0.25, -0.2) is 13.2 Å². The van der Waals surface area contributed by atoms with E-state index in [0.717, 1.165) is 5.56 Å². The average Bonchev–Trinajstić information content (AvgIpc) is 2.94. The minimum Gasteiger partial charge on any atom is -0.493 e. The Morgan fingerprint density at radius 1 is 1.00 bits per heavy atom. The SMILES string of the molecule is CC(C)c1ccc(S(=O)(=O)N2CCC[C@H](Oc3ccc(OCCCOc4ccc(Cl)cc4)c(C(=O)O)c3)C2)cc1. The predicted molar refractivity (Wildman–Crippen MR) is 153 cm³/mol. The van der Waals surface area contributed by atoms with Crippen LogP contribution in [-0.2, 0) is 10.0 Å². The number of ether oxygens (including phenoxy) is 3. The Morgan fingerprint density at radius 3 is 2.35 bits per heavy atom. The molecule has 0 unspecified atom stereocenters. The second kappa shape index (κ2) is 13.4. The van der Waals surface area contributed by atoms with Crippen LogP contribution >= 0.6 is 11.6 Å². The van der Waals surface area contributed by atoms with E-state index in [1.807, 2.05) is 12.1 Å². The number of carbonyl (C=O) groups is 1. The molecule has 1 fully saturated rings. The predicted octanol–water partition coefficient (Wildman–Crippen LogP) is 6.24. The summed E-state index contributed by atoms with van der Waals surface area (Å²) in [7, 11) is -3.67. The van der Waals surface area contributed by atoms with Gasteiger partial charge in [0, 0.05) is 18.0 Å². The Labute approximate surface area is 240 Å². The van der Waals surface area contributed by atoms with E-state index in [4.69, 9.17) is 25.8 Å². The topological polar surface area (TPSA) is 102 Å². The van der Waals surface area contributed by atoms with Crippen LogP contribution in [0.1, 0.15) is 54.9 Å². The number of carboxylic acids is 1. The summed E-state index contributed by atoms with van der Waals surface area (Å²) in [4.78, 5) is 12.2. The summed E-state index contributed by atoms with van der Waals surface area (Å²) in [6.45, 7) is 5.37. The highest BCUT2D eigenvalue weighted by molar-refractivity contribution is 7.89. The molecule has 3 aromatic rings. The minimum absolute atomic E-state index is 0.0263. The van der Waals surface area contributed by atoms with Gasteiger partial charge >= 0.3 is 5.97 Å². The molecule has 0 spiro atoms. The van der Waals surface area contributed by atoms with Crippen LogP contribution in [0.3, 0.4) is 0 Å². The molecule has 8 nitrogen and oxygen atoms in total. The Balaban J connectivity index is 1.34. The summed E-state index contributed by atoms with van der Waals surface area (Å²) >= 11 is 5.87. The first-order chi connectivity index (χ1) is 19.1. The van der Waals surface area contributed by atoms with Crippen LogP contribution in [0, 0.1) is 0 Å². The van der Waals surface area contributed by atoms with Crippen LogP contribution in [0.5, 0.6) is 17.2 Å². The Bertz CT molecular complexity index is 1390. The smallest absolute Gasteiger partial charge is 0.339 e. The molecule has 0 aliphatic carbocycles. The van der Waals surface area contributed by atoms with Gasteiger partial charge in [-0.3, -0.25) is 0 Å². The summed E-state index contributed by atoms with van der Waals surface area (Å²) in [6, 6.07) is 18.6. The molecule has 1 N–H and O–H groups in total. The fraction of sp³-hybridized carbons (Fsp3) is 0.367. The third-order valence-electron chi connectivity index (χ3n) is 6.64. The van der Waals surface area contributed by atoms with Crippen molar-refractivity contribution in [1.29, 1.82) is 0 Å². The van der Waals surface area contributed by atoms with Crippen molar-refractivity contribution in [1.82, 2.24) is 4.31 Å². The molecule has 1 saturated heterocycles. The highest BCUT2D eigenvalue weighted by Gasteiger charge is 2.31. The Hall–Kier alpha value is -3.27. The highest BCUT2D eigenvalue weighted by atomic mass is 35.5. The lowest BCUT2D eigenvalue weighted by Crippen LogP contribution is -2.44. The second-order valence-corrected chi connectivity index (χ2v) is 12.3. The van der Waals surface area contributed by atoms with Crippen molar-refractivity contribution < 1.29 is 32.5 Å². The molecule has 0 radical (unpaired) electrons. The highest BCUT2D eigenvalue weighted by Crippen LogP contribution is 2.29. The quantitative estimate of drug-likeness (QED) is 0.250. The average molecular weight is 588 g/mol. The normalized spacial score (nSPS) is 16.1. The molecule has 0 bridgehead atoms. The Kier molecular flexibility index (Phi) is 9.95. The van der Waals surface area contributed by atoms with Crippen molar-refractivity contribution in [3.8, 4) is 17.2 Å². The molecule has 1 aliphatic rings. The van der Waals surface area contributed by atoms with Gasteiger partial charge in [0.15, 0.2) is 0 Å². The molecule has 10 heteroatoms. The molecular formula is C30H34ClNO7S. The van der Waals surface area contributed by atoms with Gasteiger partial charge in [0.05, 0.1) is 24.7 Å². The van der Waals surface area contributed by atoms with E-state index in [9.17, 15) is 18.3 Å². The maximum Gasteiger partial charge on any atom is 0.339 e. The molecule has 40 heavy (non-hydrogen) atoms. The molecule has 1 atom stereocenters. The number of aromatic carboxylic acids is 1. The van der Waals surface area contributed by atoms with E-state index in [-0.39, 0.29) is 29.4 Å². The lowest BCUT2D eigenvalue weighted by atomic mass is 10.0. The standard InChI is InChI=1S/C30H34ClNO7S/c1-21(2)22-6-13-27(14-7-22)40(35,36)32-16-3-5-26(20-32)39-25-12-15-29(28(19-25)30(33)34)38-18-4-17-37-24-10-8-23(31)9-11-24/h6-15,19,21,26H,3-5,16-18,20H2,1-2H3,(H,33,34)/t26-/m0/s1. The van der Waals surface area contributed by atoms with Crippen molar-refractivity contribution in [2.45, 2.75) is 50.0 Å². The molecule has 1 aliphatic heterocycles. The van der Waals surface area contributed by atoms with Gasteiger partial charge in [0.2, 0.25) is 10.0 Å². The van der Waals surface area contributed by atoms with Crippen molar-refractivity contribution in [2.24, 2.45) is 0 Å². The maximum absolute atomic E-state index is 13.3. The van der Waals surface area contributed by atoms with Gasteiger partial charge in [-0.15, -0.1) is 0 Å². The molecule has 214 valence electrons. The van der Waals surface area contributed by atoms with E-state index in [0.29, 0.717) is 54.9 Å². The van der Waals surface area contributed by atoms with Crippen LogP contribution in [0.25, 0.3) is 0 Å². The van der Waals surface area contributed by atoms with Crippen LogP contribution in [0.2, 0.25) is 5.02 Å². The zero-order valence-corrected chi connectivity index (χ0v) is 24.2. The van der Waals surface area contributed by atoms with E-state index in [2.05, 4.69) is 13.8 Å².